The Morgan fingerprint density at radius 1 is 0.571 bits per heavy atom. The van der Waals surface area contributed by atoms with Crippen LogP contribution in [0.25, 0.3) is 0 Å². The Labute approximate surface area is 373 Å². The average Bonchev–Trinajstić information content (AvgIpc) is 3.24. The zero-order valence-corrected chi connectivity index (χ0v) is 36.2. The highest BCUT2D eigenvalue weighted by atomic mass is 16.6. The number of nitrogens with zero attached hydrogens (tertiary/aromatic N) is 6. The van der Waals surface area contributed by atoms with E-state index in [1.54, 1.807) is 22.2 Å². The third-order valence-electron chi connectivity index (χ3n) is 9.97. The largest absolute Gasteiger partial charge is 0.453 e. The van der Waals surface area contributed by atoms with Crippen LogP contribution in [0.2, 0.25) is 0 Å². The number of carbonyl (C=O) groups excluding carboxylic acids is 4. The lowest BCUT2D eigenvalue weighted by molar-refractivity contribution is 0.0146. The highest BCUT2D eigenvalue weighted by molar-refractivity contribution is 6.00. The lowest BCUT2D eigenvalue weighted by Crippen LogP contribution is -2.50. The third kappa shape index (κ3) is 17.9. The maximum Gasteiger partial charge on any atom is 0.410 e. The Hall–Kier alpha value is -6.26. The number of piperazine rings is 2. The molecule has 0 saturated carbocycles. The van der Waals surface area contributed by atoms with Crippen LogP contribution in [0.4, 0.5) is 41.9 Å². The molecule has 0 bridgehead atoms. The van der Waals surface area contributed by atoms with E-state index in [0.29, 0.717) is 37.6 Å². The van der Waals surface area contributed by atoms with Gasteiger partial charge in [-0.05, 0) is 107 Å². The van der Waals surface area contributed by atoms with Crippen molar-refractivity contribution in [1.82, 2.24) is 29.6 Å². The van der Waals surface area contributed by atoms with E-state index in [0.717, 1.165) is 86.0 Å². The number of urea groups is 2. The van der Waals surface area contributed by atoms with Crippen molar-refractivity contribution in [1.29, 1.82) is 0 Å². The molecule has 0 atom stereocenters. The Balaban J connectivity index is 0.000000326. The molecular weight excluding hydrogens is 801 g/mol. The van der Waals surface area contributed by atoms with Gasteiger partial charge in [0.2, 0.25) is 0 Å². The van der Waals surface area contributed by atoms with Crippen molar-refractivity contribution in [3.05, 3.63) is 108 Å². The van der Waals surface area contributed by atoms with Crippen molar-refractivity contribution in [2.45, 2.75) is 67.9 Å². The summed E-state index contributed by atoms with van der Waals surface area (Å²) in [6.45, 7) is 17.3. The molecule has 4 heterocycles. The summed E-state index contributed by atoms with van der Waals surface area (Å²) in [5, 5.41) is 11.3. The summed E-state index contributed by atoms with van der Waals surface area (Å²) in [6, 6.07) is 22.4. The number of pyridine rings is 2. The number of carbonyl (C=O) groups is 4. The Kier molecular flexibility index (Phi) is 20.3. The van der Waals surface area contributed by atoms with E-state index < -0.39 is 5.60 Å². The average molecular weight is 869 g/mol. The number of rotatable bonds is 10. The van der Waals surface area contributed by atoms with Gasteiger partial charge in [0.15, 0.2) is 0 Å². The highest BCUT2D eigenvalue weighted by Crippen LogP contribution is 2.17. The molecule has 0 spiro atoms. The van der Waals surface area contributed by atoms with E-state index in [-0.39, 0.29) is 39.1 Å². The second kappa shape index (κ2) is 25.0. The van der Waals surface area contributed by atoms with Crippen molar-refractivity contribution in [3.63, 3.8) is 0 Å². The minimum Gasteiger partial charge on any atom is -0.453 e. The molecule has 0 aliphatic carbocycles. The van der Waals surface area contributed by atoms with E-state index in [1.165, 1.54) is 7.11 Å². The summed E-state index contributed by atoms with van der Waals surface area (Å²) in [4.78, 5) is 64.7. The summed E-state index contributed by atoms with van der Waals surface area (Å²) in [5.74, 6) is 0. The van der Waals surface area contributed by atoms with Crippen LogP contribution in [0.1, 0.15) is 58.1 Å². The molecule has 2 saturated heterocycles. The SMILES string of the molecule is C.C.COC(=O)N1CCN(CCc2cccc(NC(=O)Nc3ccc(C)nc3)c2)CC1.Cc1ccc(NC(=O)Nc2cccc(CCN3CCN(C(=O)OC(C)(C)C)CC3)c2)cn1. The van der Waals surface area contributed by atoms with Crippen LogP contribution < -0.4 is 21.3 Å². The normalized spacial score (nSPS) is 14.1. The third-order valence-corrected chi connectivity index (χ3v) is 9.97. The molecule has 2 fully saturated rings. The first-order chi connectivity index (χ1) is 29.2. The van der Waals surface area contributed by atoms with Crippen LogP contribution >= 0.6 is 0 Å². The topological polar surface area (TPSA) is 174 Å². The standard InChI is InChI=1S/C24H33N5O3.C21H27N5O3.2CH4/c1-18-8-9-21(17-25-18)27-22(30)26-20-7-5-6-19(16-20)10-11-28-12-14-29(15-13-28)23(31)32-24(2,3)4;1-16-6-7-19(15-22-16)24-20(27)23-18-5-3-4-17(14-18)8-9-25-10-12-26(13-11-25)21(28)29-2;;/h5-9,16-17H,10-15H2,1-4H3,(H2,26,27,30);3-7,14-15H,8-13H2,1-2H3,(H2,23,24,27);2*1H4. The van der Waals surface area contributed by atoms with Crippen LogP contribution in [0.5, 0.6) is 0 Å². The minimum atomic E-state index is -0.471. The number of methoxy groups -OCH3 is 1. The summed E-state index contributed by atoms with van der Waals surface area (Å²) in [6.07, 6.45) is 4.50. The van der Waals surface area contributed by atoms with Crippen LogP contribution in [-0.2, 0) is 22.3 Å². The van der Waals surface area contributed by atoms with Crippen molar-refractivity contribution in [3.8, 4) is 0 Å². The first kappa shape index (κ1) is 51.1. The number of hydrogen-bond acceptors (Lipinski definition) is 10. The molecule has 2 aromatic carbocycles. The van der Waals surface area contributed by atoms with Gasteiger partial charge in [-0.3, -0.25) is 19.8 Å². The molecule has 6 amide bonds. The van der Waals surface area contributed by atoms with Gasteiger partial charge in [0, 0.05) is 88.2 Å². The number of aryl methyl sites for hydroxylation is 2. The Morgan fingerprint density at radius 2 is 0.968 bits per heavy atom. The molecule has 4 aromatic rings. The number of aromatic nitrogens is 2. The molecule has 342 valence electrons. The zero-order valence-electron chi connectivity index (χ0n) is 36.2. The quantitative estimate of drug-likeness (QED) is 0.121. The lowest BCUT2D eigenvalue weighted by Gasteiger charge is -2.35. The molecule has 0 radical (unpaired) electrons. The smallest absolute Gasteiger partial charge is 0.410 e. The van der Waals surface area contributed by atoms with Crippen LogP contribution in [0.3, 0.4) is 0 Å². The van der Waals surface area contributed by atoms with Crippen molar-refractivity contribution < 1.29 is 28.7 Å². The van der Waals surface area contributed by atoms with Crippen molar-refractivity contribution >= 4 is 47.0 Å². The maximum absolute atomic E-state index is 12.3. The highest BCUT2D eigenvalue weighted by Gasteiger charge is 2.26. The van der Waals surface area contributed by atoms with Crippen LogP contribution in [0.15, 0.2) is 85.2 Å². The number of anilines is 4. The predicted octanol–water partition coefficient (Wildman–Crippen LogP) is 8.36. The molecule has 16 nitrogen and oxygen atoms in total. The predicted molar refractivity (Wildman–Crippen MR) is 252 cm³/mol. The van der Waals surface area contributed by atoms with Gasteiger partial charge in [-0.15, -0.1) is 0 Å². The first-order valence-corrected chi connectivity index (χ1v) is 20.7. The molecule has 2 aliphatic heterocycles. The van der Waals surface area contributed by atoms with Gasteiger partial charge in [-0.2, -0.15) is 0 Å². The molecule has 16 heteroatoms. The van der Waals surface area contributed by atoms with E-state index in [1.807, 2.05) is 95.3 Å². The molecule has 0 unspecified atom stereocenters. The van der Waals surface area contributed by atoms with Gasteiger partial charge >= 0.3 is 24.2 Å². The number of benzene rings is 2. The zero-order chi connectivity index (χ0) is 43.8. The van der Waals surface area contributed by atoms with Gasteiger partial charge in [-0.25, -0.2) is 19.2 Å². The molecule has 2 aromatic heterocycles. The monoisotopic (exact) mass is 869 g/mol. The van der Waals surface area contributed by atoms with Crippen LogP contribution in [-0.4, -0.2) is 132 Å². The summed E-state index contributed by atoms with van der Waals surface area (Å²) in [5.41, 5.74) is 6.41. The minimum absolute atomic E-state index is 0. The number of hydrogen-bond donors (Lipinski definition) is 4. The molecular formula is C47H68N10O6. The summed E-state index contributed by atoms with van der Waals surface area (Å²) in [7, 11) is 1.41. The number of nitrogens with one attached hydrogen (secondary N) is 4. The van der Waals surface area contributed by atoms with Crippen molar-refractivity contribution in [2.75, 3.05) is 93.8 Å². The van der Waals surface area contributed by atoms with Gasteiger partial charge in [0.25, 0.3) is 0 Å². The summed E-state index contributed by atoms with van der Waals surface area (Å²) >= 11 is 0. The lowest BCUT2D eigenvalue weighted by atomic mass is 10.1. The maximum atomic E-state index is 12.3. The Bertz CT molecular complexity index is 2040. The van der Waals surface area contributed by atoms with Gasteiger partial charge in [0.1, 0.15) is 5.60 Å². The second-order valence-corrected chi connectivity index (χ2v) is 16.0. The van der Waals surface area contributed by atoms with E-state index in [4.69, 9.17) is 9.47 Å². The fourth-order valence-electron chi connectivity index (χ4n) is 6.62. The second-order valence-electron chi connectivity index (χ2n) is 16.0. The van der Waals surface area contributed by atoms with E-state index >= 15 is 0 Å². The van der Waals surface area contributed by atoms with Crippen LogP contribution in [0, 0.1) is 13.8 Å². The fraction of sp³-hybridized carbons (Fsp3) is 0.447. The van der Waals surface area contributed by atoms with Gasteiger partial charge < -0.3 is 40.5 Å². The molecule has 6 rings (SSSR count). The van der Waals surface area contributed by atoms with Crippen molar-refractivity contribution in [2.24, 2.45) is 0 Å². The summed E-state index contributed by atoms with van der Waals surface area (Å²) < 4.78 is 10.2. The molecule has 63 heavy (non-hydrogen) atoms. The Morgan fingerprint density at radius 3 is 1.33 bits per heavy atom. The number of ether oxygens (including phenoxy) is 2. The van der Waals surface area contributed by atoms with Gasteiger partial charge in [-0.1, -0.05) is 39.1 Å². The first-order valence-electron chi connectivity index (χ1n) is 20.7. The number of amides is 6. The van der Waals surface area contributed by atoms with Gasteiger partial charge in [0.05, 0.1) is 30.9 Å². The van der Waals surface area contributed by atoms with E-state index in [2.05, 4.69) is 53.2 Å². The van der Waals surface area contributed by atoms with E-state index in [9.17, 15) is 19.2 Å². The fourth-order valence-corrected chi connectivity index (χ4v) is 6.62. The molecule has 2 aliphatic rings. The molecule has 4 N–H and O–H groups in total.